The van der Waals surface area contributed by atoms with Crippen molar-refractivity contribution in [2.45, 2.75) is 117 Å². The quantitative estimate of drug-likeness (QED) is 0.130. The van der Waals surface area contributed by atoms with Crippen LogP contribution in [0.5, 0.6) is 11.5 Å². The van der Waals surface area contributed by atoms with E-state index in [4.69, 9.17) is 9.72 Å². The molecular formula is C65H62N6OPt-2. The fraction of sp³-hybridized carbons (Fsp3) is 0.292. The van der Waals surface area contributed by atoms with Gasteiger partial charge in [0.05, 0.1) is 18.1 Å². The molecule has 0 atom stereocenters. The summed E-state index contributed by atoms with van der Waals surface area (Å²) in [7, 11) is 2.10. The van der Waals surface area contributed by atoms with Crippen molar-refractivity contribution in [1.82, 2.24) is 24.1 Å². The van der Waals surface area contributed by atoms with E-state index in [2.05, 4.69) is 230 Å². The second-order valence-corrected chi connectivity index (χ2v) is 24.4. The minimum atomic E-state index is -0.707. The van der Waals surface area contributed by atoms with Crippen LogP contribution < -0.4 is 9.30 Å². The first-order chi connectivity index (χ1) is 34.0. The number of nitrogens with zero attached hydrogens (tertiary/aromatic N) is 6. The number of imidazole rings is 1. The van der Waals surface area contributed by atoms with E-state index in [0.29, 0.717) is 17.3 Å². The van der Waals surface area contributed by atoms with E-state index in [9.17, 15) is 0 Å². The maximum Gasteiger partial charge on any atom is 0.242 e. The van der Waals surface area contributed by atoms with Gasteiger partial charge in [-0.15, -0.1) is 35.2 Å². The van der Waals surface area contributed by atoms with Crippen LogP contribution in [-0.2, 0) is 55.2 Å². The van der Waals surface area contributed by atoms with Crippen LogP contribution >= 0.6 is 0 Å². The topological polar surface area (TPSA) is 61.6 Å². The standard InChI is InChI=1S/C65H62N6O.Pt/c1-38-29-56(68-36-47(38)60-66-27-18-28-67-60)71-52-21-16-15-19-43(52)44-25-23-41(34-54(44)71)72-42-24-26-48-55(35-42)70-37-69(14)53-22-17-20-49(59(53)70)65(48)57-45(30-39(61(2,3)4)32-50(57)63(8,9)10)46-31-40(62(5,6)7)33-51(58(46)65)64(11,12)13;/h15-33,36H,1-14H3;/q-2;. The summed E-state index contributed by atoms with van der Waals surface area (Å²) in [4.78, 5) is 14.0. The van der Waals surface area contributed by atoms with Gasteiger partial charge in [0, 0.05) is 67.6 Å². The van der Waals surface area contributed by atoms with Crippen molar-refractivity contribution in [3.05, 3.63) is 190 Å². The van der Waals surface area contributed by atoms with Gasteiger partial charge in [-0.2, -0.15) is 12.1 Å². The van der Waals surface area contributed by atoms with Gasteiger partial charge in [0.1, 0.15) is 5.82 Å². The SMILES string of the molecule is Cc1cc(-n2c3[c-]c(Oc4[c-]c5c(cc4)C4(c6c(cc(C(C)(C)C)cc6C(C)(C)C)-c6cc(C(C)(C)C)cc(C(C)(C)C)c64)c4cccc6c4n-5[c-][n+]6C)ccc3c3ccccc32)ncc1-c1ncccn1.[Pt]. The minimum absolute atomic E-state index is 0. The molecule has 0 N–H and O–H groups in total. The van der Waals surface area contributed by atoms with Gasteiger partial charge in [0.25, 0.3) is 0 Å². The number of rotatable bonds is 4. The molecule has 6 aromatic carbocycles. The first kappa shape index (κ1) is 48.6. The molecule has 8 heteroatoms. The molecule has 0 amide bonds. The molecule has 0 saturated carbocycles. The maximum atomic E-state index is 6.99. The molecule has 0 bridgehead atoms. The van der Waals surface area contributed by atoms with Crippen LogP contribution in [-0.4, -0.2) is 24.1 Å². The van der Waals surface area contributed by atoms with Crippen LogP contribution in [0.25, 0.3) is 66.9 Å². The molecular weight excluding hydrogens is 1080 g/mol. The Kier molecular flexibility index (Phi) is 10.9. The summed E-state index contributed by atoms with van der Waals surface area (Å²) >= 11 is 0. The number of benzene rings is 6. The molecule has 0 unspecified atom stereocenters. The Bertz CT molecular complexity index is 3820. The number of para-hydroxylation sites is 2. The number of aryl methyl sites for hydroxylation is 2. The van der Waals surface area contributed by atoms with Gasteiger partial charge in [-0.1, -0.05) is 155 Å². The van der Waals surface area contributed by atoms with Crippen LogP contribution in [0, 0.1) is 25.4 Å². The number of pyridine rings is 1. The molecule has 10 aromatic rings. The van der Waals surface area contributed by atoms with Crippen LogP contribution in [0.2, 0.25) is 0 Å². The molecule has 1 aliphatic heterocycles. The summed E-state index contributed by atoms with van der Waals surface area (Å²) in [6.45, 7) is 30.5. The largest absolute Gasteiger partial charge is 0.510 e. The van der Waals surface area contributed by atoms with Gasteiger partial charge >= 0.3 is 0 Å². The molecule has 12 rings (SSSR count). The zero-order valence-electron chi connectivity index (χ0n) is 44.5. The second-order valence-electron chi connectivity index (χ2n) is 24.4. The summed E-state index contributed by atoms with van der Waals surface area (Å²) in [6.07, 6.45) is 9.14. The normalized spacial score (nSPS) is 13.9. The van der Waals surface area contributed by atoms with Gasteiger partial charge in [-0.3, -0.25) is 0 Å². The van der Waals surface area contributed by atoms with Gasteiger partial charge in [-0.05, 0) is 108 Å². The molecule has 0 saturated heterocycles. The van der Waals surface area contributed by atoms with Crippen molar-refractivity contribution < 1.29 is 30.4 Å². The van der Waals surface area contributed by atoms with Gasteiger partial charge in [-0.25, -0.2) is 15.0 Å². The predicted molar refractivity (Wildman–Crippen MR) is 291 cm³/mol. The van der Waals surface area contributed by atoms with Crippen molar-refractivity contribution in [2.24, 2.45) is 7.05 Å². The molecule has 5 heterocycles. The first-order valence-electron chi connectivity index (χ1n) is 25.3. The molecule has 7 nitrogen and oxygen atoms in total. The number of ether oxygens (including phenoxy) is 1. The van der Waals surface area contributed by atoms with Crippen molar-refractivity contribution in [3.8, 4) is 45.5 Å². The van der Waals surface area contributed by atoms with E-state index in [-0.39, 0.29) is 42.7 Å². The third kappa shape index (κ3) is 7.30. The Morgan fingerprint density at radius 1 is 0.589 bits per heavy atom. The molecule has 1 spiro atoms. The Labute approximate surface area is 444 Å². The van der Waals surface area contributed by atoms with Gasteiger partial charge < -0.3 is 18.4 Å². The first-order valence-corrected chi connectivity index (χ1v) is 25.3. The zero-order valence-corrected chi connectivity index (χ0v) is 46.7. The van der Waals surface area contributed by atoms with Crippen LogP contribution in [0.1, 0.15) is 133 Å². The van der Waals surface area contributed by atoms with Crippen molar-refractivity contribution in [3.63, 3.8) is 0 Å². The van der Waals surface area contributed by atoms with Crippen molar-refractivity contribution >= 4 is 32.8 Å². The molecule has 73 heavy (non-hydrogen) atoms. The Morgan fingerprint density at radius 3 is 1.82 bits per heavy atom. The maximum absolute atomic E-state index is 6.99. The van der Waals surface area contributed by atoms with E-state index in [0.717, 1.165) is 61.0 Å². The average Bonchev–Trinajstić information content (AvgIpc) is 3.95. The molecule has 1 aliphatic carbocycles. The Morgan fingerprint density at radius 2 is 1.21 bits per heavy atom. The van der Waals surface area contributed by atoms with Crippen LogP contribution in [0.3, 0.4) is 0 Å². The van der Waals surface area contributed by atoms with E-state index >= 15 is 0 Å². The monoisotopic (exact) mass is 1140 g/mol. The molecule has 2 aliphatic rings. The summed E-state index contributed by atoms with van der Waals surface area (Å²) in [5.74, 6) is 2.60. The van der Waals surface area contributed by atoms with Crippen molar-refractivity contribution in [2.75, 3.05) is 0 Å². The van der Waals surface area contributed by atoms with Crippen LogP contribution in [0.15, 0.2) is 122 Å². The molecule has 370 valence electrons. The minimum Gasteiger partial charge on any atom is -0.510 e. The Hall–Kier alpha value is -6.69. The summed E-state index contributed by atoms with van der Waals surface area (Å²) in [5, 5.41) is 2.17. The summed E-state index contributed by atoms with van der Waals surface area (Å²) in [6, 6.07) is 45.6. The van der Waals surface area contributed by atoms with Crippen LogP contribution in [0.4, 0.5) is 0 Å². The number of hydrogen-bond donors (Lipinski definition) is 0. The number of hydrogen-bond acceptors (Lipinski definition) is 4. The third-order valence-corrected chi connectivity index (χ3v) is 15.4. The fourth-order valence-corrected chi connectivity index (χ4v) is 11.8. The summed E-state index contributed by atoms with van der Waals surface area (Å²) in [5.41, 5.74) is 18.9. The summed E-state index contributed by atoms with van der Waals surface area (Å²) < 4.78 is 13.5. The predicted octanol–water partition coefficient (Wildman–Crippen LogP) is 14.8. The Balaban J connectivity index is 0.00000574. The molecule has 0 fully saturated rings. The molecule has 0 radical (unpaired) electrons. The van der Waals surface area contributed by atoms with E-state index in [1.165, 1.54) is 50.1 Å². The fourth-order valence-electron chi connectivity index (χ4n) is 11.8. The van der Waals surface area contributed by atoms with E-state index in [1.807, 2.05) is 18.3 Å². The number of fused-ring (bicyclic) bond motifs is 12. The third-order valence-electron chi connectivity index (χ3n) is 15.4. The van der Waals surface area contributed by atoms with E-state index < -0.39 is 5.41 Å². The van der Waals surface area contributed by atoms with Crippen molar-refractivity contribution in [1.29, 1.82) is 0 Å². The molecule has 4 aromatic heterocycles. The average molecular weight is 1140 g/mol. The van der Waals surface area contributed by atoms with E-state index in [1.54, 1.807) is 12.4 Å². The zero-order chi connectivity index (χ0) is 50.6. The van der Waals surface area contributed by atoms with Gasteiger partial charge in [0.15, 0.2) is 5.82 Å². The number of aromatic nitrogens is 6. The van der Waals surface area contributed by atoms with Gasteiger partial charge in [0.2, 0.25) is 6.33 Å². The second kappa shape index (κ2) is 16.4. The smallest absolute Gasteiger partial charge is 0.242 e.